The molecule has 2 fully saturated rings. The van der Waals surface area contributed by atoms with Crippen molar-refractivity contribution in [2.75, 3.05) is 24.6 Å². The van der Waals surface area contributed by atoms with Crippen molar-refractivity contribution in [3.63, 3.8) is 0 Å². The molecule has 0 amide bonds. The Hall–Kier alpha value is -2.98. The third-order valence-corrected chi connectivity index (χ3v) is 6.83. The lowest BCUT2D eigenvalue weighted by molar-refractivity contribution is -0.127. The highest BCUT2D eigenvalue weighted by Crippen LogP contribution is 2.35. The highest BCUT2D eigenvalue weighted by molar-refractivity contribution is 5.68. The fourth-order valence-corrected chi connectivity index (χ4v) is 4.96. The molecule has 7 nitrogen and oxygen atoms in total. The van der Waals surface area contributed by atoms with E-state index in [-0.39, 0.29) is 17.2 Å². The molecule has 2 aromatic heterocycles. The van der Waals surface area contributed by atoms with E-state index in [4.69, 9.17) is 4.74 Å². The maximum absolute atomic E-state index is 13.5. The summed E-state index contributed by atoms with van der Waals surface area (Å²) in [6, 6.07) is 11.0. The normalized spacial score (nSPS) is 19.8. The molecule has 36 heavy (non-hydrogen) atoms. The molecular weight excluding hydrogens is 469 g/mol. The van der Waals surface area contributed by atoms with E-state index in [1.807, 2.05) is 24.3 Å². The van der Waals surface area contributed by atoms with Crippen molar-refractivity contribution in [2.24, 2.45) is 0 Å². The van der Waals surface area contributed by atoms with Crippen LogP contribution in [0.4, 0.5) is 18.9 Å². The molecule has 1 atom stereocenters. The molecule has 5 rings (SSSR count). The summed E-state index contributed by atoms with van der Waals surface area (Å²) in [4.78, 5) is 6.42. The smallest absolute Gasteiger partial charge is 0.376 e. The van der Waals surface area contributed by atoms with Crippen LogP contribution in [-0.2, 0) is 24.2 Å². The Morgan fingerprint density at radius 1 is 1.17 bits per heavy atom. The first kappa shape index (κ1) is 24.7. The number of benzene rings is 1. The Bertz CT molecular complexity index is 1150. The maximum Gasteiger partial charge on any atom is 0.393 e. The minimum atomic E-state index is -4.33. The standard InChI is InChI=1S/C26H31F3N6O/c1-25(31-14-20-6-2-4-10-30-20)17-34(18-25)21-8-9-23(19(12-21)13-26(27,28)29)24-16-35(33-32-24)15-22-7-3-5-11-36-22/h2,4,6,8-10,12,16,22,31H,3,5,7,11,13-15,17-18H2,1H3. The second-order valence-electron chi connectivity index (χ2n) is 10.0. The quantitative estimate of drug-likeness (QED) is 0.495. The summed E-state index contributed by atoms with van der Waals surface area (Å²) in [6.07, 6.45) is 1.32. The summed E-state index contributed by atoms with van der Waals surface area (Å²) in [6.45, 7) is 5.44. The lowest BCUT2D eigenvalue weighted by Crippen LogP contribution is -2.67. The molecule has 2 aliphatic rings. The molecule has 0 spiro atoms. The van der Waals surface area contributed by atoms with Crippen LogP contribution in [0, 0.1) is 0 Å². The van der Waals surface area contributed by atoms with Crippen LogP contribution in [0.15, 0.2) is 48.8 Å². The fourth-order valence-electron chi connectivity index (χ4n) is 4.96. The van der Waals surface area contributed by atoms with Gasteiger partial charge in [0.1, 0.15) is 5.69 Å². The van der Waals surface area contributed by atoms with Gasteiger partial charge in [-0.3, -0.25) is 4.98 Å². The molecule has 0 saturated carbocycles. The van der Waals surface area contributed by atoms with E-state index in [1.165, 1.54) is 0 Å². The van der Waals surface area contributed by atoms with Crippen LogP contribution in [0.3, 0.4) is 0 Å². The van der Waals surface area contributed by atoms with E-state index in [0.717, 1.165) is 37.3 Å². The topological polar surface area (TPSA) is 68.1 Å². The average molecular weight is 501 g/mol. The van der Waals surface area contributed by atoms with E-state index in [0.29, 0.717) is 37.4 Å². The second-order valence-corrected chi connectivity index (χ2v) is 10.0. The summed E-state index contributed by atoms with van der Waals surface area (Å²) in [7, 11) is 0. The lowest BCUT2D eigenvalue weighted by atomic mass is 9.90. The van der Waals surface area contributed by atoms with Gasteiger partial charge >= 0.3 is 6.18 Å². The van der Waals surface area contributed by atoms with Gasteiger partial charge in [-0.15, -0.1) is 5.10 Å². The van der Waals surface area contributed by atoms with E-state index < -0.39 is 12.6 Å². The maximum atomic E-state index is 13.5. The molecule has 4 heterocycles. The van der Waals surface area contributed by atoms with E-state index in [2.05, 4.69) is 32.4 Å². The minimum Gasteiger partial charge on any atom is -0.376 e. The second kappa shape index (κ2) is 10.2. The number of alkyl halides is 3. The van der Waals surface area contributed by atoms with Crippen molar-refractivity contribution in [1.29, 1.82) is 0 Å². The van der Waals surface area contributed by atoms with Crippen LogP contribution in [-0.4, -0.2) is 57.5 Å². The Balaban J connectivity index is 1.29. The summed E-state index contributed by atoms with van der Waals surface area (Å²) in [5, 5.41) is 11.9. The van der Waals surface area contributed by atoms with Crippen LogP contribution in [0.5, 0.6) is 0 Å². The molecular formula is C26H31F3N6O. The molecule has 1 N–H and O–H groups in total. The summed E-state index contributed by atoms with van der Waals surface area (Å²) >= 11 is 0. The number of halogens is 3. The van der Waals surface area contributed by atoms with Crippen molar-refractivity contribution in [3.05, 3.63) is 60.0 Å². The number of hydrogen-bond donors (Lipinski definition) is 1. The van der Waals surface area contributed by atoms with Gasteiger partial charge in [0, 0.05) is 43.7 Å². The Labute approximate surface area is 208 Å². The fraction of sp³-hybridized carbons (Fsp3) is 0.500. The van der Waals surface area contributed by atoms with Gasteiger partial charge in [-0.25, -0.2) is 4.68 Å². The largest absolute Gasteiger partial charge is 0.393 e. The molecule has 192 valence electrons. The van der Waals surface area contributed by atoms with Crippen molar-refractivity contribution in [1.82, 2.24) is 25.3 Å². The molecule has 10 heteroatoms. The van der Waals surface area contributed by atoms with Gasteiger partial charge < -0.3 is 15.0 Å². The van der Waals surface area contributed by atoms with Gasteiger partial charge in [0.25, 0.3) is 0 Å². The zero-order valence-corrected chi connectivity index (χ0v) is 20.3. The molecule has 0 bridgehead atoms. The van der Waals surface area contributed by atoms with Crippen LogP contribution in [0.2, 0.25) is 0 Å². The number of hydrogen-bond acceptors (Lipinski definition) is 6. The molecule has 0 aliphatic carbocycles. The van der Waals surface area contributed by atoms with Crippen LogP contribution in [0.25, 0.3) is 11.3 Å². The monoisotopic (exact) mass is 500 g/mol. The number of nitrogens with one attached hydrogen (secondary N) is 1. The molecule has 2 saturated heterocycles. The van der Waals surface area contributed by atoms with Gasteiger partial charge in [-0.1, -0.05) is 17.3 Å². The Kier molecular flexibility index (Phi) is 6.98. The first-order chi connectivity index (χ1) is 17.3. The minimum absolute atomic E-state index is 0.0670. The van der Waals surface area contributed by atoms with Gasteiger partial charge in [0.2, 0.25) is 0 Å². The van der Waals surface area contributed by atoms with Gasteiger partial charge in [0.15, 0.2) is 0 Å². The van der Waals surface area contributed by atoms with Crippen LogP contribution >= 0.6 is 0 Å². The average Bonchev–Trinajstić information content (AvgIpc) is 3.29. The molecule has 1 unspecified atom stereocenters. The van der Waals surface area contributed by atoms with Crippen LogP contribution < -0.4 is 10.2 Å². The SMILES string of the molecule is CC1(NCc2ccccn2)CN(c2ccc(-c3cn(CC4CCCCO4)nn3)c(CC(F)(F)F)c2)C1. The summed E-state index contributed by atoms with van der Waals surface area (Å²) in [5.74, 6) is 0. The van der Waals surface area contributed by atoms with Crippen LogP contribution in [0.1, 0.15) is 37.4 Å². The molecule has 0 radical (unpaired) electrons. The first-order valence-corrected chi connectivity index (χ1v) is 12.4. The number of pyridine rings is 1. The summed E-state index contributed by atoms with van der Waals surface area (Å²) < 4.78 is 47.9. The van der Waals surface area contributed by atoms with Crippen molar-refractivity contribution >= 4 is 5.69 Å². The molecule has 2 aliphatic heterocycles. The number of ether oxygens (including phenoxy) is 1. The summed E-state index contributed by atoms with van der Waals surface area (Å²) in [5.41, 5.74) is 2.71. The van der Waals surface area contributed by atoms with Crippen molar-refractivity contribution < 1.29 is 17.9 Å². The highest BCUT2D eigenvalue weighted by Gasteiger charge is 2.39. The lowest BCUT2D eigenvalue weighted by Gasteiger charge is -2.50. The predicted octanol–water partition coefficient (Wildman–Crippen LogP) is 4.38. The van der Waals surface area contributed by atoms with E-state index in [1.54, 1.807) is 29.2 Å². The molecule has 1 aromatic carbocycles. The number of anilines is 1. The van der Waals surface area contributed by atoms with E-state index in [9.17, 15) is 13.2 Å². The molecule has 3 aromatic rings. The number of rotatable bonds is 8. The Morgan fingerprint density at radius 3 is 2.75 bits per heavy atom. The van der Waals surface area contributed by atoms with Crippen molar-refractivity contribution in [2.45, 2.75) is 63.5 Å². The van der Waals surface area contributed by atoms with Gasteiger partial charge in [0.05, 0.1) is 36.5 Å². The van der Waals surface area contributed by atoms with E-state index >= 15 is 0 Å². The third-order valence-electron chi connectivity index (χ3n) is 6.83. The van der Waals surface area contributed by atoms with Gasteiger partial charge in [-0.05, 0) is 56.0 Å². The number of aromatic nitrogens is 4. The zero-order chi connectivity index (χ0) is 25.2. The first-order valence-electron chi connectivity index (χ1n) is 12.4. The zero-order valence-electron chi connectivity index (χ0n) is 20.3. The Morgan fingerprint density at radius 2 is 2.03 bits per heavy atom. The number of nitrogens with zero attached hydrogens (tertiary/aromatic N) is 5. The predicted molar refractivity (Wildman–Crippen MR) is 131 cm³/mol. The van der Waals surface area contributed by atoms with Gasteiger partial charge in [-0.2, -0.15) is 13.2 Å². The van der Waals surface area contributed by atoms with Crippen molar-refractivity contribution in [3.8, 4) is 11.3 Å². The highest BCUT2D eigenvalue weighted by atomic mass is 19.4. The third kappa shape index (κ3) is 6.04.